The molecule has 0 saturated heterocycles. The zero-order valence-electron chi connectivity index (χ0n) is 5.15. The third-order valence-electron chi connectivity index (χ3n) is 1.45. The van der Waals surface area contributed by atoms with Gasteiger partial charge in [0, 0.05) is 0 Å². The first-order valence-corrected chi connectivity index (χ1v) is 4.84. The molecule has 0 aliphatic heterocycles. The predicted octanol–water partition coefficient (Wildman–Crippen LogP) is 2.16. The molecule has 0 aromatic heterocycles. The Morgan fingerprint density at radius 1 is 1.75 bits per heavy atom. The van der Waals surface area contributed by atoms with E-state index >= 15 is 0 Å². The summed E-state index contributed by atoms with van der Waals surface area (Å²) in [5.41, 5.74) is 1.61. The summed E-state index contributed by atoms with van der Waals surface area (Å²) in [5.74, 6) is 0. The van der Waals surface area contributed by atoms with Crippen LogP contribution in [0.4, 0.5) is 0 Å². The van der Waals surface area contributed by atoms with Gasteiger partial charge in [-0.1, -0.05) is 0 Å². The molecule has 0 fully saturated rings. The van der Waals surface area contributed by atoms with E-state index in [1.807, 2.05) is 0 Å². The van der Waals surface area contributed by atoms with Gasteiger partial charge in [0.15, 0.2) is 0 Å². The van der Waals surface area contributed by atoms with E-state index in [1.165, 1.54) is 12.8 Å². The van der Waals surface area contributed by atoms with Crippen LogP contribution in [0.1, 0.15) is 19.8 Å². The maximum absolute atomic E-state index is 2.27. The first-order valence-electron chi connectivity index (χ1n) is 2.98. The summed E-state index contributed by atoms with van der Waals surface area (Å²) in [5, 5.41) is 0. The molecule has 0 amide bonds. The van der Waals surface area contributed by atoms with Crippen molar-refractivity contribution in [1.82, 2.24) is 0 Å². The van der Waals surface area contributed by atoms with Crippen molar-refractivity contribution < 1.29 is 39.2 Å². The second-order valence-electron chi connectivity index (χ2n) is 2.01. The number of allylic oxidation sites excluding steroid dienone is 4. The average Bonchev–Trinajstić information content (AvgIpc) is 2.14. The van der Waals surface area contributed by atoms with E-state index < -0.39 is 0 Å². The molecule has 0 bridgehead atoms. The quantitative estimate of drug-likeness (QED) is 0.652. The van der Waals surface area contributed by atoms with Crippen LogP contribution in [0.3, 0.4) is 0 Å². The molecule has 0 spiro atoms. The fourth-order valence-corrected chi connectivity index (χ4v) is 2.31. The Hall–Kier alpha value is 0.844. The molecule has 0 aromatic rings. The molecule has 0 aromatic carbocycles. The van der Waals surface area contributed by atoms with E-state index in [2.05, 4.69) is 19.1 Å². The minimum absolute atomic E-state index is 1.07. The maximum atomic E-state index is 2.27. The van der Waals surface area contributed by atoms with Crippen molar-refractivity contribution in [3.05, 3.63) is 18.9 Å². The molecule has 1 heteroatoms. The van der Waals surface area contributed by atoms with Gasteiger partial charge in [-0.2, -0.15) is 0 Å². The molecule has 0 saturated carbocycles. The molecular formula is C7H9Pr. The number of rotatable bonds is 1. The summed E-state index contributed by atoms with van der Waals surface area (Å²) in [7, 11) is 0. The van der Waals surface area contributed by atoms with E-state index in [1.54, 1.807) is 6.73 Å². The normalized spacial score (nSPS) is 18.0. The zero-order chi connectivity index (χ0) is 5.98. The summed E-state index contributed by atoms with van der Waals surface area (Å²) in [6.07, 6.45) is 7.04. The van der Waals surface area contributed by atoms with Crippen molar-refractivity contribution in [2.24, 2.45) is 0 Å². The van der Waals surface area contributed by atoms with Gasteiger partial charge in [-0.15, -0.1) is 0 Å². The molecule has 40 valence electrons. The van der Waals surface area contributed by atoms with Crippen LogP contribution in [0, 0.1) is 39.2 Å². The van der Waals surface area contributed by atoms with Crippen molar-refractivity contribution in [2.75, 3.05) is 0 Å². The van der Waals surface area contributed by atoms with Crippen LogP contribution in [0.2, 0.25) is 0 Å². The minimum atomic E-state index is 1.07. The van der Waals surface area contributed by atoms with Crippen LogP contribution in [0.5, 0.6) is 0 Å². The van der Waals surface area contributed by atoms with Gasteiger partial charge in [-0.3, -0.25) is 0 Å². The monoisotopic (exact) mass is 234 g/mol. The molecule has 1 aliphatic carbocycles. The third kappa shape index (κ3) is 1.42. The molecule has 0 nitrogen and oxygen atoms in total. The van der Waals surface area contributed by atoms with Crippen molar-refractivity contribution in [3.8, 4) is 0 Å². The molecule has 0 N–H and O–H groups in total. The second-order valence-corrected chi connectivity index (χ2v) is 4.25. The van der Waals surface area contributed by atoms with Gasteiger partial charge in [0.05, 0.1) is 0 Å². The zero-order valence-corrected chi connectivity index (χ0v) is 8.85. The van der Waals surface area contributed by atoms with Crippen molar-refractivity contribution in [1.29, 1.82) is 0 Å². The Kier molecular flexibility index (Phi) is 2.72. The average molecular weight is 234 g/mol. The molecule has 0 atom stereocenters. The van der Waals surface area contributed by atoms with Crippen LogP contribution in [0.25, 0.3) is 0 Å². The third-order valence-corrected chi connectivity index (χ3v) is 3.40. The van der Waals surface area contributed by atoms with E-state index in [-0.39, 0.29) is 0 Å². The fourth-order valence-electron chi connectivity index (χ4n) is 0.911. The Balaban J connectivity index is 2.70. The summed E-state index contributed by atoms with van der Waals surface area (Å²) >= 11 is 1.07. The Morgan fingerprint density at radius 2 is 2.50 bits per heavy atom. The Bertz CT molecular complexity index is 142. The van der Waals surface area contributed by atoms with E-state index in [4.69, 9.17) is 0 Å². The first-order chi connectivity index (χ1) is 3.84. The molecule has 0 heterocycles. The van der Waals surface area contributed by atoms with Crippen molar-refractivity contribution >= 4 is 0 Å². The van der Waals surface area contributed by atoms with Gasteiger partial charge < -0.3 is 0 Å². The van der Waals surface area contributed by atoms with Gasteiger partial charge >= 0.3 is 77.9 Å². The Morgan fingerprint density at radius 3 is 2.75 bits per heavy atom. The fraction of sp³-hybridized carbons (Fsp3) is 0.429. The molecule has 0 unspecified atom stereocenters. The van der Waals surface area contributed by atoms with Gasteiger partial charge in [0.2, 0.25) is 0 Å². The molecule has 8 heavy (non-hydrogen) atoms. The van der Waals surface area contributed by atoms with Gasteiger partial charge in [-0.25, -0.2) is 0 Å². The van der Waals surface area contributed by atoms with Crippen LogP contribution < -0.4 is 0 Å². The van der Waals surface area contributed by atoms with E-state index in [0.29, 0.717) is 0 Å². The predicted molar refractivity (Wildman–Crippen MR) is 31.1 cm³/mol. The van der Waals surface area contributed by atoms with Crippen LogP contribution in [-0.2, 0) is 0 Å². The number of hydrogen-bond acceptors (Lipinski definition) is 0. The van der Waals surface area contributed by atoms with E-state index in [0.717, 1.165) is 39.2 Å². The van der Waals surface area contributed by atoms with Gasteiger partial charge in [0.1, 0.15) is 0 Å². The molecule has 1 rings (SSSR count). The van der Waals surface area contributed by atoms with Crippen LogP contribution in [-0.4, -0.2) is 0 Å². The molecule has 1 aliphatic rings. The molecule has 0 radical (unpaired) electrons. The standard InChI is InChI=1S/C7H9.Pr/c1-2-7-5-3-4-6-7;/h3,5H,2,4H2,1H3;. The van der Waals surface area contributed by atoms with E-state index in [9.17, 15) is 0 Å². The molecular weight excluding hydrogens is 225 g/mol. The van der Waals surface area contributed by atoms with Crippen molar-refractivity contribution in [2.45, 2.75) is 19.8 Å². The van der Waals surface area contributed by atoms with Crippen molar-refractivity contribution in [3.63, 3.8) is 0 Å². The summed E-state index contributed by atoms with van der Waals surface area (Å²) in [4.78, 5) is 0. The first kappa shape index (κ1) is 6.96. The van der Waals surface area contributed by atoms with Gasteiger partial charge in [0.25, 0.3) is 0 Å². The van der Waals surface area contributed by atoms with Gasteiger partial charge in [-0.05, 0) is 0 Å². The second kappa shape index (κ2) is 3.12. The summed E-state index contributed by atoms with van der Waals surface area (Å²) in [6, 6.07) is 0. The number of hydrogen-bond donors (Lipinski definition) is 0. The van der Waals surface area contributed by atoms with Crippen LogP contribution >= 0.6 is 0 Å². The van der Waals surface area contributed by atoms with Crippen LogP contribution in [0.15, 0.2) is 18.9 Å². The summed E-state index contributed by atoms with van der Waals surface area (Å²) < 4.78 is 1.72. The SMILES string of the molecule is CCC1=[C]([Pr])CC=C1. The topological polar surface area (TPSA) is 0 Å². The Labute approximate surface area is 77.0 Å². The summed E-state index contributed by atoms with van der Waals surface area (Å²) in [6.45, 7) is 2.23.